The Hall–Kier alpha value is -3.02. The largest absolute Gasteiger partial charge is 0.497 e. The molecule has 1 aromatic heterocycles. The second-order valence-corrected chi connectivity index (χ2v) is 11.5. The molecule has 1 fully saturated rings. The summed E-state index contributed by atoms with van der Waals surface area (Å²) >= 11 is 1.14. The highest BCUT2D eigenvalue weighted by Gasteiger charge is 2.37. The summed E-state index contributed by atoms with van der Waals surface area (Å²) in [5.41, 5.74) is 2.38. The SMILES string of the molecule is COCCS(=O)(=O)C(C(=O)NCC(=O)NC1CC1)c1nc2cc(-c3cccc(OC)c3)ccc2s1. The number of rotatable bonds is 11. The minimum absolute atomic E-state index is 0.0564. The molecule has 3 aromatic rings. The average Bonchev–Trinajstić information content (AvgIpc) is 3.56. The number of carbonyl (C=O) groups excluding carboxylic acids is 2. The molecule has 2 amide bonds. The molecule has 2 aromatic carbocycles. The van der Waals surface area contributed by atoms with Gasteiger partial charge in [0, 0.05) is 13.2 Å². The smallest absolute Gasteiger partial charge is 0.245 e. The number of amides is 2. The highest BCUT2D eigenvalue weighted by molar-refractivity contribution is 7.92. The molecule has 1 saturated carbocycles. The lowest BCUT2D eigenvalue weighted by Crippen LogP contribution is -2.41. The fourth-order valence-corrected chi connectivity index (χ4v) is 6.47. The van der Waals surface area contributed by atoms with Crippen molar-refractivity contribution in [2.75, 3.05) is 33.1 Å². The third-order valence-electron chi connectivity index (χ3n) is 5.57. The number of nitrogens with one attached hydrogen (secondary N) is 2. The minimum atomic E-state index is -3.95. The first kappa shape index (κ1) is 25.1. The lowest BCUT2D eigenvalue weighted by atomic mass is 10.1. The van der Waals surface area contributed by atoms with Crippen LogP contribution in [0, 0.1) is 0 Å². The van der Waals surface area contributed by atoms with E-state index in [0.29, 0.717) is 11.3 Å². The van der Waals surface area contributed by atoms with Gasteiger partial charge in [-0.05, 0) is 48.2 Å². The third kappa shape index (κ3) is 6.16. The monoisotopic (exact) mass is 517 g/mol. The summed E-state index contributed by atoms with van der Waals surface area (Å²) in [5, 5.41) is 3.85. The van der Waals surface area contributed by atoms with Gasteiger partial charge in [-0.15, -0.1) is 11.3 Å². The minimum Gasteiger partial charge on any atom is -0.497 e. The van der Waals surface area contributed by atoms with Crippen LogP contribution in [0.2, 0.25) is 0 Å². The standard InChI is InChI=1S/C24H27N3O6S2/c1-32-10-11-35(30,31)22(23(29)25-14-21(28)26-17-7-8-17)24-27-19-13-16(6-9-20(19)34-24)15-4-3-5-18(12-15)33-2/h3-6,9,12-13,17,22H,7-8,10-11,14H2,1-2H3,(H,25,29)(H,26,28). The molecule has 2 N–H and O–H groups in total. The van der Waals surface area contributed by atoms with E-state index in [2.05, 4.69) is 15.6 Å². The Kier molecular flexibility index (Phi) is 7.68. The molecule has 1 unspecified atom stereocenters. The number of nitrogens with zero attached hydrogens (tertiary/aromatic N) is 1. The van der Waals surface area contributed by atoms with Crippen molar-refractivity contribution in [2.24, 2.45) is 0 Å². The molecule has 4 rings (SSSR count). The zero-order valence-electron chi connectivity index (χ0n) is 19.4. The van der Waals surface area contributed by atoms with E-state index in [9.17, 15) is 18.0 Å². The topological polar surface area (TPSA) is 124 Å². The Morgan fingerprint density at radius 2 is 1.91 bits per heavy atom. The van der Waals surface area contributed by atoms with Crippen LogP contribution in [0.25, 0.3) is 21.3 Å². The van der Waals surface area contributed by atoms with E-state index < -0.39 is 21.0 Å². The Bertz CT molecular complexity index is 1330. The zero-order chi connectivity index (χ0) is 25.0. The molecular formula is C24H27N3O6S2. The van der Waals surface area contributed by atoms with Crippen molar-refractivity contribution in [3.63, 3.8) is 0 Å². The molecule has 0 bridgehead atoms. The number of aromatic nitrogens is 1. The van der Waals surface area contributed by atoms with Crippen molar-refractivity contribution in [3.05, 3.63) is 47.5 Å². The Morgan fingerprint density at radius 3 is 2.63 bits per heavy atom. The van der Waals surface area contributed by atoms with Gasteiger partial charge in [-0.25, -0.2) is 13.4 Å². The zero-order valence-corrected chi connectivity index (χ0v) is 21.1. The van der Waals surface area contributed by atoms with Gasteiger partial charge < -0.3 is 20.1 Å². The first-order valence-corrected chi connectivity index (χ1v) is 13.7. The van der Waals surface area contributed by atoms with Gasteiger partial charge in [0.05, 0.1) is 36.2 Å². The molecule has 9 nitrogen and oxygen atoms in total. The van der Waals surface area contributed by atoms with Crippen LogP contribution in [0.1, 0.15) is 23.1 Å². The molecule has 1 atom stereocenters. The first-order chi connectivity index (χ1) is 16.8. The van der Waals surface area contributed by atoms with Gasteiger partial charge in [0.25, 0.3) is 0 Å². The summed E-state index contributed by atoms with van der Waals surface area (Å²) in [6.45, 7) is -0.352. The number of thiazole rings is 1. The predicted octanol–water partition coefficient (Wildman–Crippen LogP) is 2.47. The van der Waals surface area contributed by atoms with E-state index in [1.165, 1.54) is 7.11 Å². The van der Waals surface area contributed by atoms with Crippen LogP contribution in [0.3, 0.4) is 0 Å². The molecule has 35 heavy (non-hydrogen) atoms. The maximum Gasteiger partial charge on any atom is 0.245 e. The van der Waals surface area contributed by atoms with Crippen LogP contribution in [0.4, 0.5) is 0 Å². The van der Waals surface area contributed by atoms with Crippen LogP contribution in [0.5, 0.6) is 5.75 Å². The molecule has 1 aliphatic carbocycles. The summed E-state index contributed by atoms with van der Waals surface area (Å²) in [4.78, 5) is 29.6. The number of sulfone groups is 1. The number of benzene rings is 2. The third-order valence-corrected chi connectivity index (χ3v) is 8.71. The number of ether oxygens (including phenoxy) is 2. The average molecular weight is 518 g/mol. The van der Waals surface area contributed by atoms with Crippen LogP contribution in [-0.2, 0) is 24.2 Å². The lowest BCUT2D eigenvalue weighted by molar-refractivity contribution is -0.126. The van der Waals surface area contributed by atoms with Crippen LogP contribution >= 0.6 is 11.3 Å². The number of carbonyl (C=O) groups is 2. The quantitative estimate of drug-likeness (QED) is 0.400. The maximum atomic E-state index is 13.1. The predicted molar refractivity (Wildman–Crippen MR) is 134 cm³/mol. The summed E-state index contributed by atoms with van der Waals surface area (Å²) < 4.78 is 37.2. The van der Waals surface area contributed by atoms with E-state index >= 15 is 0 Å². The van der Waals surface area contributed by atoms with Gasteiger partial charge in [-0.3, -0.25) is 9.59 Å². The van der Waals surface area contributed by atoms with E-state index in [-0.39, 0.29) is 35.9 Å². The molecule has 0 radical (unpaired) electrons. The summed E-state index contributed by atoms with van der Waals surface area (Å²) in [6, 6.07) is 13.3. The van der Waals surface area contributed by atoms with Gasteiger partial charge >= 0.3 is 0 Å². The van der Waals surface area contributed by atoms with Crippen LogP contribution < -0.4 is 15.4 Å². The summed E-state index contributed by atoms with van der Waals surface area (Å²) in [5.74, 6) is -0.755. The maximum absolute atomic E-state index is 13.1. The van der Waals surface area contributed by atoms with Crippen molar-refractivity contribution in [1.82, 2.24) is 15.6 Å². The van der Waals surface area contributed by atoms with Gasteiger partial charge in [0.1, 0.15) is 10.8 Å². The highest BCUT2D eigenvalue weighted by atomic mass is 32.2. The number of methoxy groups -OCH3 is 2. The Balaban J connectivity index is 1.63. The van der Waals surface area contributed by atoms with Crippen molar-refractivity contribution >= 4 is 43.2 Å². The van der Waals surface area contributed by atoms with Gasteiger partial charge in [0.2, 0.25) is 11.8 Å². The number of fused-ring (bicyclic) bond motifs is 1. The lowest BCUT2D eigenvalue weighted by Gasteiger charge is -2.15. The number of hydrogen-bond acceptors (Lipinski definition) is 8. The van der Waals surface area contributed by atoms with Crippen molar-refractivity contribution in [1.29, 1.82) is 0 Å². The van der Waals surface area contributed by atoms with E-state index in [4.69, 9.17) is 9.47 Å². The second-order valence-electron chi connectivity index (χ2n) is 8.27. The van der Waals surface area contributed by atoms with Crippen molar-refractivity contribution in [2.45, 2.75) is 24.1 Å². The normalized spacial score (nSPS) is 14.5. The fraction of sp³-hybridized carbons (Fsp3) is 0.375. The molecule has 1 heterocycles. The highest BCUT2D eigenvalue weighted by Crippen LogP contribution is 2.34. The Labute approximate surface area is 207 Å². The van der Waals surface area contributed by atoms with E-state index in [1.54, 1.807) is 7.11 Å². The van der Waals surface area contributed by atoms with Crippen LogP contribution in [-0.4, -0.2) is 64.4 Å². The molecule has 0 aliphatic heterocycles. The summed E-state index contributed by atoms with van der Waals surface area (Å²) in [6.07, 6.45) is 1.83. The van der Waals surface area contributed by atoms with Crippen LogP contribution in [0.15, 0.2) is 42.5 Å². The van der Waals surface area contributed by atoms with Gasteiger partial charge in [-0.2, -0.15) is 0 Å². The number of hydrogen-bond donors (Lipinski definition) is 2. The van der Waals surface area contributed by atoms with E-state index in [0.717, 1.165) is 40.0 Å². The fourth-order valence-electron chi connectivity index (χ4n) is 3.55. The molecule has 0 spiro atoms. The second kappa shape index (κ2) is 10.7. The molecule has 1 aliphatic rings. The molecular weight excluding hydrogens is 490 g/mol. The summed E-state index contributed by atoms with van der Waals surface area (Å²) in [7, 11) is -0.961. The molecule has 0 saturated heterocycles. The first-order valence-electron chi connectivity index (χ1n) is 11.1. The van der Waals surface area contributed by atoms with Gasteiger partial charge in [0.15, 0.2) is 15.1 Å². The van der Waals surface area contributed by atoms with E-state index in [1.807, 2.05) is 42.5 Å². The van der Waals surface area contributed by atoms with Gasteiger partial charge in [-0.1, -0.05) is 18.2 Å². The van der Waals surface area contributed by atoms with Crippen molar-refractivity contribution < 1.29 is 27.5 Å². The Morgan fingerprint density at radius 1 is 1.14 bits per heavy atom. The van der Waals surface area contributed by atoms with Crippen molar-refractivity contribution in [3.8, 4) is 16.9 Å². The molecule has 11 heteroatoms. The molecule has 186 valence electrons.